The third-order valence-corrected chi connectivity index (χ3v) is 3.57. The summed E-state index contributed by atoms with van der Waals surface area (Å²) in [6.45, 7) is 2.57. The highest BCUT2D eigenvalue weighted by Crippen LogP contribution is 2.23. The van der Waals surface area contributed by atoms with Crippen molar-refractivity contribution < 1.29 is 4.79 Å². The lowest BCUT2D eigenvalue weighted by Gasteiger charge is -2.17. The van der Waals surface area contributed by atoms with Crippen LogP contribution in [0.2, 0.25) is 5.02 Å². The number of halogens is 2. The summed E-state index contributed by atoms with van der Waals surface area (Å²) in [4.78, 5) is 14.1. The highest BCUT2D eigenvalue weighted by Gasteiger charge is 2.16. The van der Waals surface area contributed by atoms with Crippen LogP contribution in [-0.4, -0.2) is 29.8 Å². The molecule has 15 heavy (non-hydrogen) atoms. The van der Waals surface area contributed by atoms with E-state index < -0.39 is 0 Å². The minimum Gasteiger partial charge on any atom is -0.341 e. The average Bonchev–Trinajstić information content (AvgIpc) is 2.59. The Morgan fingerprint density at radius 1 is 1.67 bits per heavy atom. The summed E-state index contributed by atoms with van der Waals surface area (Å²) in [6, 6.07) is 1.73. The molecule has 0 N–H and O–H groups in total. The fourth-order valence-corrected chi connectivity index (χ4v) is 2.32. The molecular weight excluding hydrogens is 253 g/mol. The van der Waals surface area contributed by atoms with E-state index in [1.54, 1.807) is 18.0 Å². The van der Waals surface area contributed by atoms with Gasteiger partial charge in [-0.1, -0.05) is 11.6 Å². The number of hydrogen-bond acceptors (Lipinski definition) is 2. The summed E-state index contributed by atoms with van der Waals surface area (Å²) in [6.07, 6.45) is 0.785. The van der Waals surface area contributed by atoms with Crippen LogP contribution in [0.1, 0.15) is 23.0 Å². The van der Waals surface area contributed by atoms with Crippen molar-refractivity contribution in [2.45, 2.75) is 18.7 Å². The molecule has 1 atom stereocenters. The fraction of sp³-hybridized carbons (Fsp3) is 0.500. The Kier molecular flexibility index (Phi) is 4.90. The van der Waals surface area contributed by atoms with Crippen LogP contribution in [0.15, 0.2) is 11.4 Å². The maximum Gasteiger partial charge on any atom is 0.265 e. The molecule has 1 rings (SSSR count). The van der Waals surface area contributed by atoms with E-state index in [9.17, 15) is 4.79 Å². The first-order valence-corrected chi connectivity index (χ1v) is 6.34. The lowest BCUT2D eigenvalue weighted by molar-refractivity contribution is 0.0798. The molecule has 0 saturated carbocycles. The average molecular weight is 266 g/mol. The van der Waals surface area contributed by atoms with Gasteiger partial charge in [-0.25, -0.2) is 0 Å². The zero-order chi connectivity index (χ0) is 11.4. The molecule has 0 radical (unpaired) electrons. The topological polar surface area (TPSA) is 20.3 Å². The number of carbonyl (C=O) groups is 1. The molecule has 1 aromatic heterocycles. The zero-order valence-corrected chi connectivity index (χ0v) is 11.0. The molecule has 1 heterocycles. The maximum atomic E-state index is 11.8. The minimum absolute atomic E-state index is 0.0349. The van der Waals surface area contributed by atoms with Crippen LogP contribution in [0.25, 0.3) is 0 Å². The predicted molar refractivity (Wildman–Crippen MR) is 66.2 cm³/mol. The van der Waals surface area contributed by atoms with Crippen molar-refractivity contribution in [3.05, 3.63) is 21.3 Å². The van der Waals surface area contributed by atoms with Gasteiger partial charge in [-0.05, 0) is 24.8 Å². The van der Waals surface area contributed by atoms with Gasteiger partial charge in [-0.15, -0.1) is 22.9 Å². The molecular formula is C10H13Cl2NOS. The number of hydrogen-bond donors (Lipinski definition) is 0. The number of amides is 1. The summed E-state index contributed by atoms with van der Waals surface area (Å²) in [5, 5.41) is 2.42. The Hall–Kier alpha value is -0.250. The summed E-state index contributed by atoms with van der Waals surface area (Å²) in [7, 11) is 1.76. The van der Waals surface area contributed by atoms with E-state index in [2.05, 4.69) is 0 Å². The second-order valence-corrected chi connectivity index (χ2v) is 5.46. The van der Waals surface area contributed by atoms with Crippen LogP contribution in [0.5, 0.6) is 0 Å². The summed E-state index contributed by atoms with van der Waals surface area (Å²) in [5.74, 6) is -0.0349. The monoisotopic (exact) mass is 265 g/mol. The number of rotatable bonds is 4. The largest absolute Gasteiger partial charge is 0.341 e. The predicted octanol–water partition coefficient (Wildman–Crippen LogP) is 3.49. The number of alkyl halides is 1. The van der Waals surface area contributed by atoms with Gasteiger partial charge in [0.2, 0.25) is 0 Å². The van der Waals surface area contributed by atoms with E-state index >= 15 is 0 Å². The van der Waals surface area contributed by atoms with Crippen molar-refractivity contribution in [1.82, 2.24) is 4.90 Å². The normalized spacial score (nSPS) is 12.5. The van der Waals surface area contributed by atoms with Gasteiger partial charge in [-0.3, -0.25) is 4.79 Å². The third kappa shape index (κ3) is 3.67. The third-order valence-electron chi connectivity index (χ3n) is 2.02. The standard InChI is InChI=1S/C10H13Cl2NOS/c1-7(11)3-5-13(2)10(14)9-8(12)4-6-15-9/h4,6-7H,3,5H2,1-2H3. The zero-order valence-electron chi connectivity index (χ0n) is 8.67. The molecule has 0 aliphatic carbocycles. The van der Waals surface area contributed by atoms with E-state index in [-0.39, 0.29) is 11.3 Å². The molecule has 0 saturated heterocycles. The van der Waals surface area contributed by atoms with Crippen molar-refractivity contribution in [2.75, 3.05) is 13.6 Å². The summed E-state index contributed by atoms with van der Waals surface area (Å²) >= 11 is 13.1. The molecule has 0 spiro atoms. The quantitative estimate of drug-likeness (QED) is 0.764. The van der Waals surface area contributed by atoms with Crippen LogP contribution in [0.3, 0.4) is 0 Å². The lowest BCUT2D eigenvalue weighted by Crippen LogP contribution is -2.28. The number of carbonyl (C=O) groups excluding carboxylic acids is 1. The minimum atomic E-state index is -0.0349. The van der Waals surface area contributed by atoms with E-state index in [0.29, 0.717) is 16.4 Å². The van der Waals surface area contributed by atoms with Gasteiger partial charge in [0.15, 0.2) is 0 Å². The first-order chi connectivity index (χ1) is 7.02. The second kappa shape index (κ2) is 5.73. The smallest absolute Gasteiger partial charge is 0.265 e. The van der Waals surface area contributed by atoms with Gasteiger partial charge in [0, 0.05) is 19.0 Å². The molecule has 1 aromatic rings. The number of nitrogens with zero attached hydrogens (tertiary/aromatic N) is 1. The van der Waals surface area contributed by atoms with E-state index in [1.807, 2.05) is 12.3 Å². The molecule has 0 fully saturated rings. The number of thiophene rings is 1. The molecule has 5 heteroatoms. The van der Waals surface area contributed by atoms with Crippen LogP contribution < -0.4 is 0 Å². The molecule has 84 valence electrons. The van der Waals surface area contributed by atoms with Gasteiger partial charge < -0.3 is 4.90 Å². The van der Waals surface area contributed by atoms with Crippen LogP contribution in [-0.2, 0) is 0 Å². The highest BCUT2D eigenvalue weighted by atomic mass is 35.5. The van der Waals surface area contributed by atoms with Crippen molar-refractivity contribution in [3.63, 3.8) is 0 Å². The molecule has 0 aliphatic heterocycles. The van der Waals surface area contributed by atoms with Crippen LogP contribution >= 0.6 is 34.5 Å². The van der Waals surface area contributed by atoms with E-state index in [4.69, 9.17) is 23.2 Å². The fourth-order valence-electron chi connectivity index (χ4n) is 1.09. The maximum absolute atomic E-state index is 11.8. The van der Waals surface area contributed by atoms with Crippen LogP contribution in [0, 0.1) is 0 Å². The van der Waals surface area contributed by atoms with Crippen molar-refractivity contribution in [1.29, 1.82) is 0 Å². The summed E-state index contributed by atoms with van der Waals surface area (Å²) in [5.41, 5.74) is 0. The lowest BCUT2D eigenvalue weighted by atomic mass is 10.3. The second-order valence-electron chi connectivity index (χ2n) is 3.39. The molecule has 1 unspecified atom stereocenters. The molecule has 0 aliphatic rings. The van der Waals surface area contributed by atoms with Gasteiger partial charge >= 0.3 is 0 Å². The van der Waals surface area contributed by atoms with Crippen molar-refractivity contribution in [3.8, 4) is 0 Å². The van der Waals surface area contributed by atoms with E-state index in [0.717, 1.165) is 6.42 Å². The Labute approximate surface area is 104 Å². The Balaban J connectivity index is 2.57. The van der Waals surface area contributed by atoms with Gasteiger partial charge in [0.05, 0.1) is 5.02 Å². The summed E-state index contributed by atoms with van der Waals surface area (Å²) < 4.78 is 0. The Morgan fingerprint density at radius 3 is 2.80 bits per heavy atom. The molecule has 2 nitrogen and oxygen atoms in total. The Bertz CT molecular complexity index is 338. The Morgan fingerprint density at radius 2 is 2.33 bits per heavy atom. The van der Waals surface area contributed by atoms with Gasteiger partial charge in [0.1, 0.15) is 4.88 Å². The highest BCUT2D eigenvalue weighted by molar-refractivity contribution is 7.12. The van der Waals surface area contributed by atoms with Gasteiger partial charge in [0.25, 0.3) is 5.91 Å². The van der Waals surface area contributed by atoms with Crippen LogP contribution in [0.4, 0.5) is 0 Å². The van der Waals surface area contributed by atoms with E-state index in [1.165, 1.54) is 11.3 Å². The van der Waals surface area contributed by atoms with Crippen molar-refractivity contribution in [2.24, 2.45) is 0 Å². The SMILES string of the molecule is CC(Cl)CCN(C)C(=O)c1sccc1Cl. The van der Waals surface area contributed by atoms with Crippen molar-refractivity contribution >= 4 is 40.4 Å². The molecule has 0 bridgehead atoms. The first-order valence-electron chi connectivity index (χ1n) is 4.65. The molecule has 1 amide bonds. The first kappa shape index (κ1) is 12.8. The molecule has 0 aromatic carbocycles. The van der Waals surface area contributed by atoms with Gasteiger partial charge in [-0.2, -0.15) is 0 Å².